The summed E-state index contributed by atoms with van der Waals surface area (Å²) in [6, 6.07) is 7.60. The molecule has 14 heavy (non-hydrogen) atoms. The summed E-state index contributed by atoms with van der Waals surface area (Å²) in [5.41, 5.74) is 1.02. The molecule has 0 radical (unpaired) electrons. The molecule has 0 aliphatic carbocycles. The van der Waals surface area contributed by atoms with Crippen molar-refractivity contribution < 1.29 is 0 Å². The number of fused-ring (bicyclic) bond motifs is 1. The second-order valence-corrected chi connectivity index (χ2v) is 3.25. The lowest BCUT2D eigenvalue weighted by Crippen LogP contribution is -2.16. The van der Waals surface area contributed by atoms with Gasteiger partial charge in [-0.2, -0.15) is 0 Å². The van der Waals surface area contributed by atoms with Gasteiger partial charge < -0.3 is 9.88 Å². The van der Waals surface area contributed by atoms with E-state index in [-0.39, 0.29) is 5.56 Å². The average molecular weight is 188 g/mol. The predicted molar refractivity (Wildman–Crippen MR) is 58.7 cm³/mol. The van der Waals surface area contributed by atoms with E-state index in [1.165, 1.54) is 0 Å². The first-order chi connectivity index (χ1) is 6.74. The fraction of sp³-hybridized carbons (Fsp3) is 0.182. The van der Waals surface area contributed by atoms with Crippen LogP contribution in [0.5, 0.6) is 0 Å². The smallest absolute Gasteiger partial charge is 0.258 e. The lowest BCUT2D eigenvalue weighted by Gasteiger charge is -2.07. The summed E-state index contributed by atoms with van der Waals surface area (Å²) in [6.45, 7) is 0. The van der Waals surface area contributed by atoms with Crippen LogP contribution in [0.4, 0.5) is 5.69 Å². The summed E-state index contributed by atoms with van der Waals surface area (Å²) >= 11 is 0. The first-order valence-electron chi connectivity index (χ1n) is 4.50. The van der Waals surface area contributed by atoms with Gasteiger partial charge in [0, 0.05) is 31.1 Å². The van der Waals surface area contributed by atoms with Crippen molar-refractivity contribution in [3.05, 3.63) is 40.8 Å². The fourth-order valence-electron chi connectivity index (χ4n) is 1.62. The van der Waals surface area contributed by atoms with Gasteiger partial charge in [0.25, 0.3) is 5.56 Å². The Labute approximate surface area is 82.0 Å². The number of hydrogen-bond donors (Lipinski definition) is 1. The highest BCUT2D eigenvalue weighted by molar-refractivity contribution is 5.92. The molecule has 0 fully saturated rings. The monoisotopic (exact) mass is 188 g/mol. The number of nitrogens with zero attached hydrogens (tertiary/aromatic N) is 1. The van der Waals surface area contributed by atoms with Crippen LogP contribution in [0.2, 0.25) is 0 Å². The molecule has 3 heteroatoms. The Morgan fingerprint density at radius 1 is 1.21 bits per heavy atom. The molecule has 2 rings (SSSR count). The molecule has 1 N–H and O–H groups in total. The summed E-state index contributed by atoms with van der Waals surface area (Å²) in [5.74, 6) is 0. The van der Waals surface area contributed by atoms with Crippen LogP contribution in [0, 0.1) is 0 Å². The first-order valence-corrected chi connectivity index (χ1v) is 4.50. The van der Waals surface area contributed by atoms with Crippen molar-refractivity contribution in [1.29, 1.82) is 0 Å². The normalized spacial score (nSPS) is 10.4. The molecule has 1 aromatic carbocycles. The Balaban J connectivity index is 2.97. The Kier molecular flexibility index (Phi) is 2.00. The molecule has 0 aliphatic rings. The van der Waals surface area contributed by atoms with E-state index in [9.17, 15) is 4.79 Å². The molecule has 0 spiro atoms. The quantitative estimate of drug-likeness (QED) is 0.737. The van der Waals surface area contributed by atoms with Crippen molar-refractivity contribution in [2.45, 2.75) is 0 Å². The molecular weight excluding hydrogens is 176 g/mol. The number of rotatable bonds is 1. The van der Waals surface area contributed by atoms with Gasteiger partial charge in [-0.25, -0.2) is 0 Å². The summed E-state index contributed by atoms with van der Waals surface area (Å²) in [5, 5.41) is 4.80. The van der Waals surface area contributed by atoms with Gasteiger partial charge in [-0.05, 0) is 6.07 Å². The molecule has 0 amide bonds. The number of benzene rings is 1. The van der Waals surface area contributed by atoms with Crippen LogP contribution in [-0.4, -0.2) is 11.6 Å². The topological polar surface area (TPSA) is 34.0 Å². The molecule has 0 saturated heterocycles. The zero-order valence-corrected chi connectivity index (χ0v) is 8.24. The van der Waals surface area contributed by atoms with Crippen molar-refractivity contribution in [2.75, 3.05) is 12.4 Å². The highest BCUT2D eigenvalue weighted by atomic mass is 16.1. The molecular formula is C11H12N2O. The third-order valence-electron chi connectivity index (χ3n) is 2.36. The van der Waals surface area contributed by atoms with Crippen molar-refractivity contribution >= 4 is 16.5 Å². The summed E-state index contributed by atoms with van der Waals surface area (Å²) in [4.78, 5) is 11.7. The second-order valence-electron chi connectivity index (χ2n) is 3.25. The van der Waals surface area contributed by atoms with Crippen LogP contribution in [0.25, 0.3) is 10.8 Å². The number of hydrogen-bond acceptors (Lipinski definition) is 2. The van der Waals surface area contributed by atoms with E-state index in [2.05, 4.69) is 5.32 Å². The van der Waals surface area contributed by atoms with Crippen LogP contribution < -0.4 is 10.9 Å². The second kappa shape index (κ2) is 3.18. The van der Waals surface area contributed by atoms with E-state index in [0.29, 0.717) is 0 Å². The summed E-state index contributed by atoms with van der Waals surface area (Å²) in [7, 11) is 3.61. The van der Waals surface area contributed by atoms with Crippen LogP contribution >= 0.6 is 0 Å². The third-order valence-corrected chi connectivity index (χ3v) is 2.36. The van der Waals surface area contributed by atoms with Crippen molar-refractivity contribution in [3.63, 3.8) is 0 Å². The van der Waals surface area contributed by atoms with Crippen LogP contribution in [0.1, 0.15) is 0 Å². The van der Waals surface area contributed by atoms with E-state index in [4.69, 9.17) is 0 Å². The highest BCUT2D eigenvalue weighted by Crippen LogP contribution is 2.18. The maximum absolute atomic E-state index is 11.7. The average Bonchev–Trinajstić information content (AvgIpc) is 2.23. The van der Waals surface area contributed by atoms with Gasteiger partial charge in [-0.15, -0.1) is 0 Å². The predicted octanol–water partition coefficient (Wildman–Crippen LogP) is 1.58. The highest BCUT2D eigenvalue weighted by Gasteiger charge is 2.03. The molecule has 0 aliphatic heterocycles. The van der Waals surface area contributed by atoms with Gasteiger partial charge in [0.15, 0.2) is 0 Å². The Bertz CT molecular complexity index is 528. The number of aromatic nitrogens is 1. The third kappa shape index (κ3) is 1.18. The summed E-state index contributed by atoms with van der Waals surface area (Å²) in [6.07, 6.45) is 1.81. The lowest BCUT2D eigenvalue weighted by molar-refractivity contribution is 0.874. The van der Waals surface area contributed by atoms with Crippen LogP contribution in [0.3, 0.4) is 0 Å². The molecule has 1 heterocycles. The van der Waals surface area contributed by atoms with Gasteiger partial charge in [0.1, 0.15) is 0 Å². The maximum Gasteiger partial charge on any atom is 0.258 e. The Morgan fingerprint density at radius 3 is 2.50 bits per heavy atom. The molecule has 3 nitrogen and oxygen atoms in total. The molecule has 0 atom stereocenters. The van der Waals surface area contributed by atoms with E-state index >= 15 is 0 Å². The standard InChI is InChI=1S/C11H12N2O/c1-12-10-7-13(2)11(14)9-6-4-3-5-8(9)10/h3-7,12H,1-2H3. The van der Waals surface area contributed by atoms with Crippen molar-refractivity contribution in [3.8, 4) is 0 Å². The number of aryl methyl sites for hydroxylation is 1. The van der Waals surface area contributed by atoms with E-state index in [1.54, 1.807) is 11.6 Å². The number of nitrogens with one attached hydrogen (secondary N) is 1. The van der Waals surface area contributed by atoms with Crippen molar-refractivity contribution in [1.82, 2.24) is 4.57 Å². The van der Waals surface area contributed by atoms with E-state index in [0.717, 1.165) is 16.5 Å². The Morgan fingerprint density at radius 2 is 1.86 bits per heavy atom. The number of pyridine rings is 1. The molecule has 72 valence electrons. The molecule has 0 saturated carbocycles. The minimum absolute atomic E-state index is 0.0413. The molecule has 2 aromatic rings. The SMILES string of the molecule is CNc1cn(C)c(=O)c2ccccc12. The molecule has 0 bridgehead atoms. The Hall–Kier alpha value is -1.77. The molecule has 0 unspecified atom stereocenters. The summed E-state index contributed by atoms with van der Waals surface area (Å²) < 4.78 is 1.59. The fourth-order valence-corrected chi connectivity index (χ4v) is 1.62. The van der Waals surface area contributed by atoms with Gasteiger partial charge in [0.05, 0.1) is 5.69 Å². The minimum atomic E-state index is 0.0413. The van der Waals surface area contributed by atoms with E-state index < -0.39 is 0 Å². The van der Waals surface area contributed by atoms with Gasteiger partial charge in [-0.1, -0.05) is 18.2 Å². The van der Waals surface area contributed by atoms with Gasteiger partial charge in [-0.3, -0.25) is 4.79 Å². The van der Waals surface area contributed by atoms with Crippen molar-refractivity contribution in [2.24, 2.45) is 7.05 Å². The number of anilines is 1. The van der Waals surface area contributed by atoms with Crippen LogP contribution in [-0.2, 0) is 7.05 Å². The van der Waals surface area contributed by atoms with E-state index in [1.807, 2.05) is 37.5 Å². The van der Waals surface area contributed by atoms with Crippen LogP contribution in [0.15, 0.2) is 35.3 Å². The maximum atomic E-state index is 11.7. The first kappa shape index (κ1) is 8.81. The zero-order chi connectivity index (χ0) is 10.1. The minimum Gasteiger partial charge on any atom is -0.386 e. The molecule has 1 aromatic heterocycles. The zero-order valence-electron chi connectivity index (χ0n) is 8.24. The lowest BCUT2D eigenvalue weighted by atomic mass is 10.1. The van der Waals surface area contributed by atoms with Gasteiger partial charge >= 0.3 is 0 Å². The largest absolute Gasteiger partial charge is 0.386 e. The van der Waals surface area contributed by atoms with Gasteiger partial charge in [0.2, 0.25) is 0 Å².